The summed E-state index contributed by atoms with van der Waals surface area (Å²) in [5.74, 6) is 0.688. The molecular formula is C24H34N6O3S. The molecule has 0 aromatic carbocycles. The molecule has 4 rings (SSSR count). The van der Waals surface area contributed by atoms with Gasteiger partial charge in [-0.15, -0.1) is 11.3 Å². The number of aliphatic hydroxyl groups excluding tert-OH is 3. The van der Waals surface area contributed by atoms with Crippen LogP contribution in [0.2, 0.25) is 0 Å². The number of thiazole rings is 1. The highest BCUT2D eigenvalue weighted by atomic mass is 32.1. The maximum Gasteiger partial charge on any atom is 0.224 e. The fourth-order valence-corrected chi connectivity index (χ4v) is 5.76. The van der Waals surface area contributed by atoms with Crippen molar-refractivity contribution in [1.29, 1.82) is 0 Å². The summed E-state index contributed by atoms with van der Waals surface area (Å²) in [6.45, 7) is 8.61. The summed E-state index contributed by atoms with van der Waals surface area (Å²) in [7, 11) is 0. The summed E-state index contributed by atoms with van der Waals surface area (Å²) in [6.07, 6.45) is 1.72. The van der Waals surface area contributed by atoms with Crippen molar-refractivity contribution in [1.82, 2.24) is 19.9 Å². The van der Waals surface area contributed by atoms with Gasteiger partial charge >= 0.3 is 0 Å². The van der Waals surface area contributed by atoms with Gasteiger partial charge in [-0.05, 0) is 39.7 Å². The molecule has 0 saturated heterocycles. The third-order valence-corrected chi connectivity index (χ3v) is 7.43. The van der Waals surface area contributed by atoms with E-state index in [1.165, 1.54) is 0 Å². The Hall–Kier alpha value is -2.40. The molecule has 3 heterocycles. The first-order chi connectivity index (χ1) is 16.3. The second-order valence-electron chi connectivity index (χ2n) is 9.12. The van der Waals surface area contributed by atoms with Gasteiger partial charge in [-0.2, -0.15) is 4.98 Å². The van der Waals surface area contributed by atoms with Crippen molar-refractivity contribution in [2.24, 2.45) is 5.92 Å². The number of unbranched alkanes of at least 4 members (excludes halogenated alkanes) is 2. The van der Waals surface area contributed by atoms with E-state index in [0.717, 1.165) is 63.7 Å². The van der Waals surface area contributed by atoms with Gasteiger partial charge < -0.3 is 26.0 Å². The molecule has 5 N–H and O–H groups in total. The Morgan fingerprint density at radius 2 is 1.82 bits per heavy atom. The molecule has 0 radical (unpaired) electrons. The van der Waals surface area contributed by atoms with Crippen LogP contribution in [0.5, 0.6) is 0 Å². The van der Waals surface area contributed by atoms with Crippen molar-refractivity contribution < 1.29 is 15.3 Å². The van der Waals surface area contributed by atoms with E-state index in [0.29, 0.717) is 18.2 Å². The fourth-order valence-electron chi connectivity index (χ4n) is 4.55. The number of aliphatic hydroxyl groups is 3. The number of fused-ring (bicyclic) bond motifs is 1. The SMILES string of the molecule is CCCCCNc1nc(C)c(-c2nc3c(C)nc(C)cc3s2)c(NC2CC(CO)C(O)C2O)n1. The first kappa shape index (κ1) is 24.7. The minimum Gasteiger partial charge on any atom is -0.396 e. The molecule has 1 saturated carbocycles. The van der Waals surface area contributed by atoms with Crippen molar-refractivity contribution in [2.75, 3.05) is 23.8 Å². The fraction of sp³-hybridized carbons (Fsp3) is 0.583. The molecule has 34 heavy (non-hydrogen) atoms. The summed E-state index contributed by atoms with van der Waals surface area (Å²) < 4.78 is 1.05. The van der Waals surface area contributed by atoms with Crippen LogP contribution in [-0.2, 0) is 0 Å². The Morgan fingerprint density at radius 1 is 1.03 bits per heavy atom. The summed E-state index contributed by atoms with van der Waals surface area (Å²) in [5, 5.41) is 37.9. The molecule has 0 spiro atoms. The van der Waals surface area contributed by atoms with Crippen molar-refractivity contribution in [3.63, 3.8) is 0 Å². The van der Waals surface area contributed by atoms with Gasteiger partial charge in [0.1, 0.15) is 22.4 Å². The lowest BCUT2D eigenvalue weighted by atomic mass is 10.1. The minimum absolute atomic E-state index is 0.181. The van der Waals surface area contributed by atoms with Gasteiger partial charge in [-0.1, -0.05) is 19.8 Å². The number of nitrogens with one attached hydrogen (secondary N) is 2. The monoisotopic (exact) mass is 486 g/mol. The van der Waals surface area contributed by atoms with E-state index in [1.807, 2.05) is 26.8 Å². The summed E-state index contributed by atoms with van der Waals surface area (Å²) in [5.41, 5.74) is 4.21. The molecule has 3 aromatic rings. The highest BCUT2D eigenvalue weighted by Gasteiger charge is 2.41. The van der Waals surface area contributed by atoms with Crippen LogP contribution < -0.4 is 10.6 Å². The van der Waals surface area contributed by atoms with Crippen molar-refractivity contribution >= 4 is 33.3 Å². The lowest BCUT2D eigenvalue weighted by Crippen LogP contribution is -2.35. The van der Waals surface area contributed by atoms with Gasteiger partial charge in [0, 0.05) is 24.8 Å². The number of aryl methyl sites for hydroxylation is 3. The second-order valence-corrected chi connectivity index (χ2v) is 10.1. The zero-order chi connectivity index (χ0) is 24.4. The quantitative estimate of drug-likeness (QED) is 0.289. The van der Waals surface area contributed by atoms with Crippen LogP contribution in [0.3, 0.4) is 0 Å². The summed E-state index contributed by atoms with van der Waals surface area (Å²) in [4.78, 5) is 18.9. The zero-order valence-corrected chi connectivity index (χ0v) is 21.0. The molecule has 4 atom stereocenters. The lowest BCUT2D eigenvalue weighted by molar-refractivity contribution is 0.00446. The molecule has 1 aliphatic carbocycles. The molecule has 9 nitrogen and oxygen atoms in total. The van der Waals surface area contributed by atoms with Crippen LogP contribution >= 0.6 is 11.3 Å². The topological polar surface area (TPSA) is 136 Å². The Bertz CT molecular complexity index is 1150. The van der Waals surface area contributed by atoms with Crippen LogP contribution in [-0.4, -0.2) is 66.7 Å². The number of anilines is 2. The van der Waals surface area contributed by atoms with Gasteiger partial charge in [0.25, 0.3) is 0 Å². The number of hydrogen-bond acceptors (Lipinski definition) is 10. The maximum atomic E-state index is 10.6. The predicted molar refractivity (Wildman–Crippen MR) is 135 cm³/mol. The summed E-state index contributed by atoms with van der Waals surface area (Å²) in [6, 6.07) is 1.58. The van der Waals surface area contributed by atoms with Gasteiger partial charge in [-0.25, -0.2) is 9.97 Å². The van der Waals surface area contributed by atoms with Crippen LogP contribution in [0, 0.1) is 26.7 Å². The normalized spacial score (nSPS) is 22.4. The Balaban J connectivity index is 1.73. The number of pyridine rings is 1. The molecule has 3 aromatic heterocycles. The minimum atomic E-state index is -1.01. The van der Waals surface area contributed by atoms with E-state index in [-0.39, 0.29) is 12.5 Å². The second kappa shape index (κ2) is 10.5. The molecule has 4 unspecified atom stereocenters. The smallest absolute Gasteiger partial charge is 0.224 e. The standard InChI is InChI=1S/C24H34N6O3S/c1-5-6-7-8-25-24-27-13(3)18(23-29-19-14(4)26-12(2)9-17(19)34-23)22(30-24)28-16-10-15(11-31)20(32)21(16)33/h9,15-16,20-21,31-33H,5-8,10-11H2,1-4H3,(H2,25,27,28,30). The Morgan fingerprint density at radius 3 is 2.53 bits per heavy atom. The van der Waals surface area contributed by atoms with Crippen molar-refractivity contribution in [3.05, 3.63) is 23.1 Å². The Kier molecular flexibility index (Phi) is 7.61. The van der Waals surface area contributed by atoms with E-state index >= 15 is 0 Å². The number of rotatable bonds is 9. The number of hydrogen-bond donors (Lipinski definition) is 5. The molecular weight excluding hydrogens is 452 g/mol. The highest BCUT2D eigenvalue weighted by Crippen LogP contribution is 2.38. The average Bonchev–Trinajstić information content (AvgIpc) is 3.33. The van der Waals surface area contributed by atoms with Crippen LogP contribution in [0.15, 0.2) is 6.07 Å². The zero-order valence-electron chi connectivity index (χ0n) is 20.2. The third kappa shape index (κ3) is 5.00. The molecule has 0 bridgehead atoms. The summed E-state index contributed by atoms with van der Waals surface area (Å²) >= 11 is 1.56. The number of aromatic nitrogens is 4. The molecule has 1 aliphatic rings. The van der Waals surface area contributed by atoms with E-state index in [9.17, 15) is 15.3 Å². The highest BCUT2D eigenvalue weighted by molar-refractivity contribution is 7.21. The van der Waals surface area contributed by atoms with Gasteiger partial charge in [0.15, 0.2) is 0 Å². The third-order valence-electron chi connectivity index (χ3n) is 6.41. The van der Waals surface area contributed by atoms with E-state index in [4.69, 9.17) is 15.0 Å². The number of nitrogens with zero attached hydrogens (tertiary/aromatic N) is 4. The largest absolute Gasteiger partial charge is 0.396 e. The molecule has 0 aliphatic heterocycles. The van der Waals surface area contributed by atoms with Gasteiger partial charge in [-0.3, -0.25) is 4.98 Å². The van der Waals surface area contributed by atoms with E-state index in [1.54, 1.807) is 11.3 Å². The first-order valence-corrected chi connectivity index (χ1v) is 12.7. The average molecular weight is 487 g/mol. The molecule has 1 fully saturated rings. The maximum absolute atomic E-state index is 10.6. The van der Waals surface area contributed by atoms with Crippen LogP contribution in [0.1, 0.15) is 49.7 Å². The van der Waals surface area contributed by atoms with Crippen molar-refractivity contribution in [2.45, 2.75) is 71.6 Å². The van der Waals surface area contributed by atoms with E-state index < -0.39 is 18.2 Å². The Labute approximate surface area is 203 Å². The molecule has 184 valence electrons. The van der Waals surface area contributed by atoms with Crippen LogP contribution in [0.25, 0.3) is 20.8 Å². The van der Waals surface area contributed by atoms with Gasteiger partial charge in [0.2, 0.25) is 5.95 Å². The van der Waals surface area contributed by atoms with Crippen LogP contribution in [0.4, 0.5) is 11.8 Å². The molecule has 0 amide bonds. The van der Waals surface area contributed by atoms with Crippen molar-refractivity contribution in [3.8, 4) is 10.6 Å². The van der Waals surface area contributed by atoms with E-state index in [2.05, 4.69) is 22.5 Å². The predicted octanol–water partition coefficient (Wildman–Crippen LogP) is 3.19. The first-order valence-electron chi connectivity index (χ1n) is 11.9. The van der Waals surface area contributed by atoms with Gasteiger partial charge in [0.05, 0.1) is 33.8 Å². The molecule has 10 heteroatoms. The lowest BCUT2D eigenvalue weighted by Gasteiger charge is -2.21.